The van der Waals surface area contributed by atoms with Crippen LogP contribution in [-0.2, 0) is 20.8 Å². The smallest absolute Gasteiger partial charge is 0.332 e. The van der Waals surface area contributed by atoms with Crippen molar-refractivity contribution < 1.29 is 18.7 Å². The first-order valence-corrected chi connectivity index (χ1v) is 12.8. The molecule has 0 saturated heterocycles. The topological polar surface area (TPSA) is 83.3 Å². The van der Waals surface area contributed by atoms with Crippen LogP contribution in [0.4, 0.5) is 4.39 Å². The van der Waals surface area contributed by atoms with E-state index >= 15 is 0 Å². The molecule has 0 amide bonds. The molecule has 0 radical (unpaired) electrons. The highest BCUT2D eigenvalue weighted by atomic mass is 19.1. The van der Waals surface area contributed by atoms with Crippen molar-refractivity contribution in [2.24, 2.45) is 11.8 Å². The van der Waals surface area contributed by atoms with Gasteiger partial charge in [-0.1, -0.05) is 30.3 Å². The Morgan fingerprint density at radius 2 is 1.73 bits per heavy atom. The number of nitrogens with zero attached hydrogens (tertiary/aromatic N) is 3. The number of carbonyl (C=O) groups is 1. The summed E-state index contributed by atoms with van der Waals surface area (Å²) in [5.74, 6) is -0.308. The van der Waals surface area contributed by atoms with E-state index in [1.165, 1.54) is 16.9 Å². The summed E-state index contributed by atoms with van der Waals surface area (Å²) >= 11 is 0. The number of rotatable bonds is 8. The first-order chi connectivity index (χ1) is 17.7. The number of esters is 1. The summed E-state index contributed by atoms with van der Waals surface area (Å²) in [5, 5.41) is 4.70. The van der Waals surface area contributed by atoms with Crippen LogP contribution in [0.5, 0.6) is 0 Å². The van der Waals surface area contributed by atoms with Crippen LogP contribution in [0.1, 0.15) is 46.5 Å². The molecule has 1 saturated carbocycles. The number of benzene rings is 1. The predicted octanol–water partition coefficient (Wildman–Crippen LogP) is 5.28. The van der Waals surface area contributed by atoms with Crippen LogP contribution in [0.2, 0.25) is 0 Å². The van der Waals surface area contributed by atoms with Crippen molar-refractivity contribution in [2.75, 3.05) is 13.2 Å². The molecule has 0 spiro atoms. The van der Waals surface area contributed by atoms with Gasteiger partial charge in [0, 0.05) is 35.5 Å². The number of hydrogen-bond donors (Lipinski definition) is 0. The Kier molecular flexibility index (Phi) is 8.48. The van der Waals surface area contributed by atoms with E-state index in [9.17, 15) is 14.0 Å². The Morgan fingerprint density at radius 3 is 2.41 bits per heavy atom. The minimum absolute atomic E-state index is 0.0390. The van der Waals surface area contributed by atoms with Gasteiger partial charge >= 0.3 is 5.97 Å². The van der Waals surface area contributed by atoms with Crippen molar-refractivity contribution in [1.29, 1.82) is 0 Å². The largest absolute Gasteiger partial charge is 0.458 e. The highest BCUT2D eigenvalue weighted by Crippen LogP contribution is 2.32. The molecule has 2 aromatic heterocycles. The second-order valence-electron chi connectivity index (χ2n) is 10.6. The molecule has 1 aliphatic rings. The maximum absolute atomic E-state index is 14.5. The van der Waals surface area contributed by atoms with E-state index in [1.54, 1.807) is 12.1 Å². The van der Waals surface area contributed by atoms with Gasteiger partial charge in [-0.2, -0.15) is 9.49 Å². The van der Waals surface area contributed by atoms with E-state index in [0.29, 0.717) is 36.2 Å². The molecule has 0 N–H and O–H groups in total. The lowest BCUT2D eigenvalue weighted by Crippen LogP contribution is -2.30. The zero-order valence-corrected chi connectivity index (χ0v) is 21.7. The Bertz CT molecular complexity index is 1260. The molecule has 2 heterocycles. The average Bonchev–Trinajstić information content (AvgIpc) is 2.86. The highest BCUT2D eigenvalue weighted by molar-refractivity contribution is 5.80. The summed E-state index contributed by atoms with van der Waals surface area (Å²) in [6.07, 6.45) is 5.17. The van der Waals surface area contributed by atoms with Crippen LogP contribution in [0.3, 0.4) is 0 Å². The third kappa shape index (κ3) is 7.32. The van der Waals surface area contributed by atoms with E-state index in [2.05, 4.69) is 4.98 Å². The SMILES string of the molecule is CC(C)(C)OC(=O)COCC1CCC(Cn2nc(-c3ccccc3)c(-c3cccnc3F)cc2=O)CC1. The lowest BCUT2D eigenvalue weighted by atomic mass is 9.82. The summed E-state index contributed by atoms with van der Waals surface area (Å²) in [5.41, 5.74) is 1.27. The number of aromatic nitrogens is 3. The molecule has 1 aromatic carbocycles. The lowest BCUT2D eigenvalue weighted by molar-refractivity contribution is -0.160. The van der Waals surface area contributed by atoms with Crippen molar-refractivity contribution in [2.45, 2.75) is 58.6 Å². The van der Waals surface area contributed by atoms with Crippen molar-refractivity contribution in [3.05, 3.63) is 71.0 Å². The molecule has 196 valence electrons. The van der Waals surface area contributed by atoms with Crippen LogP contribution in [0, 0.1) is 17.8 Å². The van der Waals surface area contributed by atoms with Crippen molar-refractivity contribution in [3.63, 3.8) is 0 Å². The van der Waals surface area contributed by atoms with Crippen molar-refractivity contribution in [3.8, 4) is 22.4 Å². The maximum atomic E-state index is 14.5. The molecule has 37 heavy (non-hydrogen) atoms. The van der Waals surface area contributed by atoms with E-state index in [-0.39, 0.29) is 23.7 Å². The van der Waals surface area contributed by atoms with Crippen LogP contribution in [0.25, 0.3) is 22.4 Å². The Morgan fingerprint density at radius 1 is 1.03 bits per heavy atom. The fraction of sp³-hybridized carbons (Fsp3) is 0.448. The van der Waals surface area contributed by atoms with Gasteiger partial charge in [-0.15, -0.1) is 0 Å². The molecule has 8 heteroatoms. The van der Waals surface area contributed by atoms with Crippen LogP contribution in [0.15, 0.2) is 59.5 Å². The van der Waals surface area contributed by atoms with Gasteiger partial charge in [0.15, 0.2) is 0 Å². The summed E-state index contributed by atoms with van der Waals surface area (Å²) in [6.45, 7) is 6.48. The van der Waals surface area contributed by atoms with E-state index in [4.69, 9.17) is 14.6 Å². The van der Waals surface area contributed by atoms with Crippen LogP contribution < -0.4 is 5.56 Å². The molecule has 1 aliphatic carbocycles. The number of ether oxygens (including phenoxy) is 2. The van der Waals surface area contributed by atoms with Gasteiger partial charge in [0.05, 0.1) is 12.3 Å². The van der Waals surface area contributed by atoms with Crippen molar-refractivity contribution in [1.82, 2.24) is 14.8 Å². The molecular weight excluding hydrogens is 473 g/mol. The summed E-state index contributed by atoms with van der Waals surface area (Å²) < 4.78 is 26.9. The molecule has 3 aromatic rings. The number of pyridine rings is 1. The summed E-state index contributed by atoms with van der Waals surface area (Å²) in [6, 6.07) is 14.2. The molecule has 7 nitrogen and oxygen atoms in total. The van der Waals surface area contributed by atoms with Crippen molar-refractivity contribution >= 4 is 5.97 Å². The normalized spacial score (nSPS) is 17.9. The highest BCUT2D eigenvalue weighted by Gasteiger charge is 2.24. The molecule has 4 rings (SSSR count). The van der Waals surface area contributed by atoms with Gasteiger partial charge in [0.25, 0.3) is 5.56 Å². The van der Waals surface area contributed by atoms with Gasteiger partial charge in [-0.05, 0) is 70.4 Å². The summed E-state index contributed by atoms with van der Waals surface area (Å²) in [4.78, 5) is 28.6. The summed E-state index contributed by atoms with van der Waals surface area (Å²) in [7, 11) is 0. The third-order valence-corrected chi connectivity index (χ3v) is 6.49. The predicted molar refractivity (Wildman–Crippen MR) is 139 cm³/mol. The number of halogens is 1. The second-order valence-corrected chi connectivity index (χ2v) is 10.6. The molecule has 0 atom stereocenters. The molecule has 0 aliphatic heterocycles. The molecular formula is C29H34FN3O4. The fourth-order valence-electron chi connectivity index (χ4n) is 4.73. The lowest BCUT2D eigenvalue weighted by Gasteiger charge is -2.28. The minimum Gasteiger partial charge on any atom is -0.458 e. The fourth-order valence-corrected chi connectivity index (χ4v) is 4.73. The van der Waals surface area contributed by atoms with E-state index in [0.717, 1.165) is 31.2 Å². The number of hydrogen-bond acceptors (Lipinski definition) is 6. The van der Waals surface area contributed by atoms with E-state index in [1.807, 2.05) is 51.1 Å². The molecule has 0 unspecified atom stereocenters. The standard InChI is InChI=1S/C29H34FN3O4/c1-29(2,3)37-26(35)19-36-18-21-13-11-20(12-14-21)17-33-25(34)16-24(23-10-7-15-31-28(23)30)27(32-33)22-8-5-4-6-9-22/h4-10,15-16,20-21H,11-14,17-19H2,1-3H3. The Labute approximate surface area is 216 Å². The van der Waals surface area contributed by atoms with Crippen LogP contribution in [-0.4, -0.2) is 39.5 Å². The van der Waals surface area contributed by atoms with Gasteiger partial charge in [0.1, 0.15) is 12.2 Å². The average molecular weight is 508 g/mol. The van der Waals surface area contributed by atoms with E-state index < -0.39 is 11.5 Å². The van der Waals surface area contributed by atoms with Crippen LogP contribution >= 0.6 is 0 Å². The molecule has 0 bridgehead atoms. The first kappa shape index (κ1) is 26.7. The minimum atomic E-state index is -0.633. The maximum Gasteiger partial charge on any atom is 0.332 e. The first-order valence-electron chi connectivity index (χ1n) is 12.8. The monoisotopic (exact) mass is 507 g/mol. The van der Waals surface area contributed by atoms with Gasteiger partial charge in [0.2, 0.25) is 5.95 Å². The third-order valence-electron chi connectivity index (χ3n) is 6.49. The quantitative estimate of drug-likeness (QED) is 0.305. The molecule has 1 fully saturated rings. The zero-order chi connectivity index (χ0) is 26.4. The number of carbonyl (C=O) groups excluding carboxylic acids is 1. The zero-order valence-electron chi connectivity index (χ0n) is 21.7. The Hall–Kier alpha value is -3.39. The second kappa shape index (κ2) is 11.8. The van der Waals surface area contributed by atoms with Gasteiger partial charge < -0.3 is 9.47 Å². The van der Waals surface area contributed by atoms with Gasteiger partial charge in [-0.3, -0.25) is 4.79 Å². The van der Waals surface area contributed by atoms with Gasteiger partial charge in [-0.25, -0.2) is 14.5 Å². The Balaban J connectivity index is 1.42.